The Morgan fingerprint density at radius 3 is 2.06 bits per heavy atom. The molecule has 1 unspecified atom stereocenters. The predicted octanol–water partition coefficient (Wildman–Crippen LogP) is 1.79. The van der Waals surface area contributed by atoms with E-state index >= 15 is 0 Å². The Morgan fingerprint density at radius 2 is 1.44 bits per heavy atom. The second kappa shape index (κ2) is 12.1. The largest absolute Gasteiger partial charge is 0.473 e. The summed E-state index contributed by atoms with van der Waals surface area (Å²) in [6.07, 6.45) is 2.27. The summed E-state index contributed by atoms with van der Waals surface area (Å²) in [6.45, 7) is 6.11. The molecule has 1 atom stereocenters. The van der Waals surface area contributed by atoms with E-state index in [-0.39, 0.29) is 0 Å². The molecule has 1 aliphatic rings. The Labute approximate surface area is 197 Å². The molecular formula is C25H29N3O6. The molecule has 9 nitrogen and oxygen atoms in total. The number of hydrogen-bond acceptors (Lipinski definition) is 6. The number of carbonyl (C=O) groups is 3. The van der Waals surface area contributed by atoms with E-state index in [1.165, 1.54) is 5.56 Å². The number of aliphatic hydroxyl groups is 1. The third kappa shape index (κ3) is 6.98. The maximum Gasteiger partial charge on any atom is 0.414 e. The fraction of sp³-hybridized carbons (Fsp3) is 0.320. The first-order chi connectivity index (χ1) is 16.4. The first-order valence-corrected chi connectivity index (χ1v) is 11.0. The molecule has 1 saturated heterocycles. The molecule has 0 radical (unpaired) electrons. The van der Waals surface area contributed by atoms with Gasteiger partial charge in [-0.1, -0.05) is 48.5 Å². The van der Waals surface area contributed by atoms with Crippen LogP contribution in [0.25, 0.3) is 10.9 Å². The topological polar surface area (TPSA) is 123 Å². The fourth-order valence-corrected chi connectivity index (χ4v) is 4.07. The molecule has 0 aliphatic carbocycles. The lowest BCUT2D eigenvalue weighted by molar-refractivity contribution is -0.159. The van der Waals surface area contributed by atoms with Crippen LogP contribution in [0.2, 0.25) is 0 Å². The Bertz CT molecular complexity index is 1090. The highest BCUT2D eigenvalue weighted by atomic mass is 16.4. The van der Waals surface area contributed by atoms with Crippen LogP contribution < -0.4 is 0 Å². The third-order valence-corrected chi connectivity index (χ3v) is 5.72. The lowest BCUT2D eigenvalue weighted by Gasteiger charge is -2.35. The molecule has 1 aromatic heterocycles. The summed E-state index contributed by atoms with van der Waals surface area (Å²) >= 11 is 0. The molecule has 2 heterocycles. The molecule has 0 bridgehead atoms. The van der Waals surface area contributed by atoms with Crippen LogP contribution in [-0.2, 0) is 22.7 Å². The molecule has 3 N–H and O–H groups in total. The van der Waals surface area contributed by atoms with Gasteiger partial charge in [0.25, 0.3) is 0 Å². The number of aromatic nitrogens is 1. The van der Waals surface area contributed by atoms with Gasteiger partial charge >= 0.3 is 11.9 Å². The van der Waals surface area contributed by atoms with E-state index in [9.17, 15) is 9.90 Å². The number of carbonyl (C=O) groups excluding carboxylic acids is 1. The number of carboxylic acid groups (broad SMARTS) is 2. The summed E-state index contributed by atoms with van der Waals surface area (Å²) < 4.78 is 2.00. The molecule has 9 heteroatoms. The minimum Gasteiger partial charge on any atom is -0.473 e. The van der Waals surface area contributed by atoms with Gasteiger partial charge in [0.15, 0.2) is 6.29 Å². The second-order valence-corrected chi connectivity index (χ2v) is 8.20. The van der Waals surface area contributed by atoms with Crippen molar-refractivity contribution in [2.24, 2.45) is 0 Å². The maximum absolute atomic E-state index is 11.3. The van der Waals surface area contributed by atoms with Crippen molar-refractivity contribution in [1.29, 1.82) is 0 Å². The number of fused-ring (bicyclic) bond motifs is 1. The fourth-order valence-electron chi connectivity index (χ4n) is 4.07. The van der Waals surface area contributed by atoms with Gasteiger partial charge in [-0.25, -0.2) is 9.59 Å². The van der Waals surface area contributed by atoms with Crippen LogP contribution in [0.1, 0.15) is 15.9 Å². The number of hydrogen-bond donors (Lipinski definition) is 3. The number of carboxylic acids is 2. The minimum absolute atomic E-state index is 0.462. The summed E-state index contributed by atoms with van der Waals surface area (Å²) in [5.41, 5.74) is 3.02. The van der Waals surface area contributed by atoms with E-state index in [0.717, 1.165) is 49.9 Å². The minimum atomic E-state index is -1.82. The first-order valence-electron chi connectivity index (χ1n) is 11.0. The number of rotatable bonds is 7. The molecule has 0 saturated carbocycles. The van der Waals surface area contributed by atoms with Crippen LogP contribution >= 0.6 is 0 Å². The van der Waals surface area contributed by atoms with Crippen LogP contribution in [0.3, 0.4) is 0 Å². The van der Waals surface area contributed by atoms with E-state index in [1.54, 1.807) is 0 Å². The standard InChI is InChI=1S/C23H27N3O2.C2H2O4/c27-18-20-15-26(23-9-5-4-8-22(20)23)17-21(28)16-25-12-10-24(11-13-25)14-19-6-2-1-3-7-19;3-1(4)2(5)6/h1-9,15,18,21,28H,10-14,16-17H2;(H,3,4)(H,5,6). The summed E-state index contributed by atoms with van der Waals surface area (Å²) in [7, 11) is 0. The summed E-state index contributed by atoms with van der Waals surface area (Å²) in [5.74, 6) is -3.65. The monoisotopic (exact) mass is 467 g/mol. The van der Waals surface area contributed by atoms with E-state index in [4.69, 9.17) is 19.8 Å². The van der Waals surface area contributed by atoms with Crippen molar-refractivity contribution in [3.63, 3.8) is 0 Å². The van der Waals surface area contributed by atoms with Crippen molar-refractivity contribution in [3.8, 4) is 0 Å². The molecule has 4 rings (SSSR count). The molecule has 0 spiro atoms. The summed E-state index contributed by atoms with van der Waals surface area (Å²) in [4.78, 5) is 34.3. The first kappa shape index (κ1) is 25.1. The van der Waals surface area contributed by atoms with Gasteiger partial charge in [0.1, 0.15) is 0 Å². The van der Waals surface area contributed by atoms with E-state index in [0.29, 0.717) is 18.7 Å². The third-order valence-electron chi connectivity index (χ3n) is 5.72. The van der Waals surface area contributed by atoms with Crippen molar-refractivity contribution in [2.45, 2.75) is 19.2 Å². The number of benzene rings is 2. The number of aldehydes is 1. The van der Waals surface area contributed by atoms with Gasteiger partial charge in [-0.3, -0.25) is 14.6 Å². The summed E-state index contributed by atoms with van der Waals surface area (Å²) in [5, 5.41) is 26.4. The number of para-hydroxylation sites is 1. The van der Waals surface area contributed by atoms with E-state index in [1.807, 2.05) is 35.0 Å². The van der Waals surface area contributed by atoms with E-state index < -0.39 is 18.0 Å². The molecule has 3 aromatic rings. The van der Waals surface area contributed by atoms with Gasteiger partial charge in [-0.15, -0.1) is 0 Å². The van der Waals surface area contributed by atoms with E-state index in [2.05, 4.69) is 40.1 Å². The van der Waals surface area contributed by atoms with Crippen LogP contribution in [0.4, 0.5) is 0 Å². The van der Waals surface area contributed by atoms with Gasteiger partial charge < -0.3 is 19.9 Å². The molecule has 180 valence electrons. The van der Waals surface area contributed by atoms with Crippen molar-refractivity contribution in [2.75, 3.05) is 32.7 Å². The van der Waals surface area contributed by atoms with Crippen LogP contribution in [0.15, 0.2) is 60.8 Å². The average Bonchev–Trinajstić information content (AvgIpc) is 3.19. The van der Waals surface area contributed by atoms with Crippen molar-refractivity contribution in [3.05, 3.63) is 71.9 Å². The smallest absolute Gasteiger partial charge is 0.414 e. The van der Waals surface area contributed by atoms with Crippen molar-refractivity contribution >= 4 is 29.1 Å². The van der Waals surface area contributed by atoms with Gasteiger partial charge in [-0.2, -0.15) is 0 Å². The predicted molar refractivity (Wildman–Crippen MR) is 127 cm³/mol. The lowest BCUT2D eigenvalue weighted by atomic mass is 10.2. The number of nitrogens with zero attached hydrogens (tertiary/aromatic N) is 3. The zero-order valence-electron chi connectivity index (χ0n) is 18.8. The van der Waals surface area contributed by atoms with Crippen LogP contribution in [-0.4, -0.2) is 86.7 Å². The van der Waals surface area contributed by atoms with Crippen molar-refractivity contribution < 1.29 is 29.7 Å². The Kier molecular flexibility index (Phi) is 8.92. The Morgan fingerprint density at radius 1 is 0.853 bits per heavy atom. The zero-order chi connectivity index (χ0) is 24.5. The van der Waals surface area contributed by atoms with Crippen LogP contribution in [0.5, 0.6) is 0 Å². The van der Waals surface area contributed by atoms with Gasteiger partial charge in [0, 0.05) is 68.5 Å². The van der Waals surface area contributed by atoms with Crippen LogP contribution in [0, 0.1) is 0 Å². The normalized spacial score (nSPS) is 15.3. The SMILES string of the molecule is O=C(O)C(=O)O.O=Cc1cn(CC(O)CN2CCN(Cc3ccccc3)CC2)c2ccccc12. The molecular weight excluding hydrogens is 438 g/mol. The number of β-amino-alcohol motifs (C(OH)–C–C–N with tert-alkyl or cyclic N) is 1. The second-order valence-electron chi connectivity index (χ2n) is 8.20. The summed E-state index contributed by atoms with van der Waals surface area (Å²) in [6, 6.07) is 18.4. The molecule has 0 amide bonds. The maximum atomic E-state index is 11.3. The average molecular weight is 468 g/mol. The highest BCUT2D eigenvalue weighted by Crippen LogP contribution is 2.20. The highest BCUT2D eigenvalue weighted by molar-refractivity contribution is 6.27. The molecule has 34 heavy (non-hydrogen) atoms. The van der Waals surface area contributed by atoms with Gasteiger partial charge in [0.05, 0.1) is 6.10 Å². The highest BCUT2D eigenvalue weighted by Gasteiger charge is 2.20. The Hall–Kier alpha value is -3.53. The number of aliphatic carboxylic acids is 2. The molecule has 1 aliphatic heterocycles. The zero-order valence-corrected chi connectivity index (χ0v) is 18.8. The lowest BCUT2D eigenvalue weighted by Crippen LogP contribution is -2.48. The quantitative estimate of drug-likeness (QED) is 0.355. The van der Waals surface area contributed by atoms with Gasteiger partial charge in [-0.05, 0) is 11.6 Å². The number of aliphatic hydroxyl groups excluding tert-OH is 1. The molecule has 1 fully saturated rings. The Balaban J connectivity index is 0.000000481. The molecule has 2 aromatic carbocycles. The van der Waals surface area contributed by atoms with Crippen molar-refractivity contribution in [1.82, 2.24) is 14.4 Å². The number of piperazine rings is 1. The van der Waals surface area contributed by atoms with Gasteiger partial charge in [0.2, 0.25) is 0 Å².